The minimum Gasteiger partial charge on any atom is -0.385 e. The fraction of sp³-hybridized carbons (Fsp3) is 0.900. The van der Waals surface area contributed by atoms with E-state index in [1.54, 1.807) is 14.2 Å². The van der Waals surface area contributed by atoms with Gasteiger partial charge in [0, 0.05) is 53.4 Å². The van der Waals surface area contributed by atoms with Crippen LogP contribution < -0.4 is 10.6 Å². The van der Waals surface area contributed by atoms with Crippen LogP contribution in [0.1, 0.15) is 58.3 Å². The molecule has 2 fully saturated rings. The van der Waals surface area contributed by atoms with Crippen LogP contribution in [0.2, 0.25) is 0 Å². The van der Waals surface area contributed by atoms with Gasteiger partial charge in [-0.1, -0.05) is 12.8 Å². The highest BCUT2D eigenvalue weighted by molar-refractivity contribution is 14.0. The Morgan fingerprint density at radius 1 is 1.26 bits per heavy atom. The smallest absolute Gasteiger partial charge is 0.220 e. The van der Waals surface area contributed by atoms with Gasteiger partial charge in [0.05, 0.1) is 0 Å². The quantitative estimate of drug-likeness (QED) is 0.310. The SMILES string of the molecule is CCNC(=NCC1(CCOC)CCCC1)N1CCC(CC(=O)NC)CC1.I. The summed E-state index contributed by atoms with van der Waals surface area (Å²) in [6.07, 6.45) is 9.07. The van der Waals surface area contributed by atoms with E-state index in [-0.39, 0.29) is 29.9 Å². The van der Waals surface area contributed by atoms with Gasteiger partial charge < -0.3 is 20.3 Å². The number of nitrogens with one attached hydrogen (secondary N) is 2. The monoisotopic (exact) mass is 494 g/mol. The summed E-state index contributed by atoms with van der Waals surface area (Å²) in [5, 5.41) is 6.22. The topological polar surface area (TPSA) is 66.0 Å². The average molecular weight is 494 g/mol. The minimum atomic E-state index is 0. The van der Waals surface area contributed by atoms with Crippen molar-refractivity contribution in [3.63, 3.8) is 0 Å². The van der Waals surface area contributed by atoms with Crippen molar-refractivity contribution >= 4 is 35.8 Å². The Bertz CT molecular complexity index is 459. The molecular weight excluding hydrogens is 455 g/mol. The zero-order valence-electron chi connectivity index (χ0n) is 17.4. The van der Waals surface area contributed by atoms with Crippen LogP contribution in [0.4, 0.5) is 0 Å². The molecule has 0 aromatic heterocycles. The Hall–Kier alpha value is -0.570. The highest BCUT2D eigenvalue weighted by atomic mass is 127. The van der Waals surface area contributed by atoms with Gasteiger partial charge >= 0.3 is 0 Å². The number of amides is 1. The van der Waals surface area contributed by atoms with Crippen LogP contribution in [-0.2, 0) is 9.53 Å². The van der Waals surface area contributed by atoms with Crippen LogP contribution in [0.5, 0.6) is 0 Å². The van der Waals surface area contributed by atoms with E-state index < -0.39 is 0 Å². The summed E-state index contributed by atoms with van der Waals surface area (Å²) in [6, 6.07) is 0. The molecule has 1 heterocycles. The van der Waals surface area contributed by atoms with Crippen molar-refractivity contribution in [3.8, 4) is 0 Å². The second-order valence-corrected chi connectivity index (χ2v) is 7.93. The van der Waals surface area contributed by atoms with E-state index in [4.69, 9.17) is 9.73 Å². The van der Waals surface area contributed by atoms with E-state index in [1.165, 1.54) is 25.7 Å². The van der Waals surface area contributed by atoms with Crippen LogP contribution >= 0.6 is 24.0 Å². The first-order valence-corrected chi connectivity index (χ1v) is 10.4. The zero-order valence-corrected chi connectivity index (χ0v) is 19.7. The van der Waals surface area contributed by atoms with Gasteiger partial charge in [-0.25, -0.2) is 0 Å². The summed E-state index contributed by atoms with van der Waals surface area (Å²) in [6.45, 7) is 6.72. The molecule has 2 rings (SSSR count). The molecule has 7 heteroatoms. The number of aliphatic imine (C=N–C) groups is 1. The lowest BCUT2D eigenvalue weighted by Gasteiger charge is -2.35. The van der Waals surface area contributed by atoms with E-state index in [0.717, 1.165) is 58.0 Å². The maximum atomic E-state index is 11.6. The summed E-state index contributed by atoms with van der Waals surface area (Å²) in [4.78, 5) is 19.0. The molecule has 1 aliphatic heterocycles. The maximum Gasteiger partial charge on any atom is 0.220 e. The van der Waals surface area contributed by atoms with Gasteiger partial charge in [0.2, 0.25) is 5.91 Å². The lowest BCUT2D eigenvalue weighted by atomic mass is 9.83. The van der Waals surface area contributed by atoms with Crippen LogP contribution in [-0.4, -0.2) is 63.7 Å². The molecule has 1 saturated carbocycles. The molecule has 6 nitrogen and oxygen atoms in total. The summed E-state index contributed by atoms with van der Waals surface area (Å²) < 4.78 is 5.34. The first kappa shape index (κ1) is 24.5. The molecule has 0 bridgehead atoms. The molecule has 2 aliphatic rings. The fourth-order valence-corrected chi connectivity index (χ4v) is 4.31. The minimum absolute atomic E-state index is 0. The zero-order chi connectivity index (χ0) is 18.8. The lowest BCUT2D eigenvalue weighted by Crippen LogP contribution is -2.46. The van der Waals surface area contributed by atoms with Crippen molar-refractivity contribution < 1.29 is 9.53 Å². The molecule has 0 spiro atoms. The molecule has 0 aromatic carbocycles. The Morgan fingerprint density at radius 3 is 2.48 bits per heavy atom. The third-order valence-corrected chi connectivity index (χ3v) is 6.07. The van der Waals surface area contributed by atoms with E-state index in [1.807, 2.05) is 0 Å². The number of nitrogens with zero attached hydrogens (tertiary/aromatic N) is 2. The summed E-state index contributed by atoms with van der Waals surface area (Å²) in [5.74, 6) is 1.71. The standard InChI is InChI=1S/C20H38N4O2.HI/c1-4-22-19(23-16-20(11-14-26-3)9-5-6-10-20)24-12-7-17(8-13-24)15-18(25)21-2;/h17H,4-16H2,1-3H3,(H,21,25)(H,22,23);1H. The van der Waals surface area contributed by atoms with Gasteiger partial charge in [-0.15, -0.1) is 24.0 Å². The van der Waals surface area contributed by atoms with Crippen molar-refractivity contribution in [3.05, 3.63) is 0 Å². The van der Waals surface area contributed by atoms with Gasteiger partial charge in [0.1, 0.15) is 0 Å². The van der Waals surface area contributed by atoms with E-state index in [2.05, 4.69) is 22.5 Å². The maximum absolute atomic E-state index is 11.6. The summed E-state index contributed by atoms with van der Waals surface area (Å²) in [7, 11) is 3.51. The molecule has 0 aromatic rings. The summed E-state index contributed by atoms with van der Waals surface area (Å²) >= 11 is 0. The molecule has 0 atom stereocenters. The molecular formula is C20H39IN4O2. The van der Waals surface area contributed by atoms with Crippen molar-refractivity contribution in [2.24, 2.45) is 16.3 Å². The van der Waals surface area contributed by atoms with Gasteiger partial charge in [-0.2, -0.15) is 0 Å². The van der Waals surface area contributed by atoms with Crippen molar-refractivity contribution in [1.82, 2.24) is 15.5 Å². The average Bonchev–Trinajstić information content (AvgIpc) is 3.13. The van der Waals surface area contributed by atoms with Crippen molar-refractivity contribution in [1.29, 1.82) is 0 Å². The molecule has 1 amide bonds. The van der Waals surface area contributed by atoms with Crippen molar-refractivity contribution in [2.75, 3.05) is 46.9 Å². The first-order chi connectivity index (χ1) is 12.6. The number of likely N-dealkylation sites (tertiary alicyclic amines) is 1. The number of ether oxygens (including phenoxy) is 1. The van der Waals surface area contributed by atoms with Gasteiger partial charge in [0.15, 0.2) is 5.96 Å². The highest BCUT2D eigenvalue weighted by Crippen LogP contribution is 2.41. The number of piperidine rings is 1. The molecule has 1 aliphatic carbocycles. The first-order valence-electron chi connectivity index (χ1n) is 10.4. The van der Waals surface area contributed by atoms with Crippen LogP contribution in [0.25, 0.3) is 0 Å². The third kappa shape index (κ3) is 7.75. The second-order valence-electron chi connectivity index (χ2n) is 7.93. The third-order valence-electron chi connectivity index (χ3n) is 6.07. The number of guanidine groups is 1. The Labute approximate surface area is 182 Å². The predicted octanol–water partition coefficient (Wildman–Crippen LogP) is 3.01. The second kappa shape index (κ2) is 12.8. The number of carbonyl (C=O) groups is 1. The molecule has 27 heavy (non-hydrogen) atoms. The lowest BCUT2D eigenvalue weighted by molar-refractivity contribution is -0.121. The number of hydrogen-bond donors (Lipinski definition) is 2. The van der Waals surface area contributed by atoms with Crippen LogP contribution in [0, 0.1) is 11.3 Å². The number of halogens is 1. The molecule has 158 valence electrons. The molecule has 2 N–H and O–H groups in total. The van der Waals surface area contributed by atoms with Gasteiger partial charge in [0.25, 0.3) is 0 Å². The Balaban J connectivity index is 0.00000364. The number of carbonyl (C=O) groups excluding carboxylic acids is 1. The number of rotatable bonds is 8. The summed E-state index contributed by atoms with van der Waals surface area (Å²) in [5.41, 5.74) is 0.328. The van der Waals surface area contributed by atoms with Gasteiger partial charge in [-0.3, -0.25) is 9.79 Å². The molecule has 0 unspecified atom stereocenters. The Kier molecular flexibility index (Phi) is 11.6. The van der Waals surface area contributed by atoms with Crippen LogP contribution in [0.15, 0.2) is 4.99 Å². The molecule has 1 saturated heterocycles. The van der Waals surface area contributed by atoms with Crippen molar-refractivity contribution in [2.45, 2.75) is 58.3 Å². The predicted molar refractivity (Wildman–Crippen MR) is 122 cm³/mol. The van der Waals surface area contributed by atoms with E-state index >= 15 is 0 Å². The van der Waals surface area contributed by atoms with Gasteiger partial charge in [-0.05, 0) is 50.4 Å². The normalized spacial score (nSPS) is 20.3. The van der Waals surface area contributed by atoms with E-state index in [9.17, 15) is 4.79 Å². The Morgan fingerprint density at radius 2 is 1.93 bits per heavy atom. The fourth-order valence-electron chi connectivity index (χ4n) is 4.31. The number of hydrogen-bond acceptors (Lipinski definition) is 3. The van der Waals surface area contributed by atoms with E-state index in [0.29, 0.717) is 17.8 Å². The molecule has 0 radical (unpaired) electrons. The van der Waals surface area contributed by atoms with Crippen LogP contribution in [0.3, 0.4) is 0 Å². The highest BCUT2D eigenvalue weighted by Gasteiger charge is 2.33. The largest absolute Gasteiger partial charge is 0.385 e. The number of methoxy groups -OCH3 is 1.